The quantitative estimate of drug-likeness (QED) is 0.751. The Hall–Kier alpha value is -1.00. The minimum Gasteiger partial charge on any atom is -0.341 e. The van der Waals surface area contributed by atoms with Crippen LogP contribution in [0.5, 0.6) is 0 Å². The number of thioether (sulfide) groups is 1. The zero-order valence-corrected chi connectivity index (χ0v) is 8.68. The molecule has 4 heteroatoms. The minimum absolute atomic E-state index is 0.727. The minimum atomic E-state index is 0.727. The highest BCUT2D eigenvalue weighted by molar-refractivity contribution is 7.98. The van der Waals surface area contributed by atoms with Gasteiger partial charge in [-0.15, -0.1) is 0 Å². The van der Waals surface area contributed by atoms with Gasteiger partial charge in [-0.05, 0) is 12.1 Å². The predicted molar refractivity (Wildman–Crippen MR) is 61.3 cm³/mol. The van der Waals surface area contributed by atoms with E-state index in [1.54, 1.807) is 11.8 Å². The fraction of sp³-hybridized carbons (Fsp3) is 0.300. The van der Waals surface area contributed by atoms with Crippen LogP contribution in [0.4, 0.5) is 0 Å². The summed E-state index contributed by atoms with van der Waals surface area (Å²) in [6.07, 6.45) is 0. The second kappa shape index (κ2) is 4.48. The molecule has 0 aliphatic rings. The van der Waals surface area contributed by atoms with E-state index in [1.165, 1.54) is 0 Å². The first kappa shape index (κ1) is 9.55. The van der Waals surface area contributed by atoms with Gasteiger partial charge in [0, 0.05) is 12.3 Å². The molecular weight excluding hydrogens is 194 g/mol. The number of fused-ring (bicyclic) bond motifs is 1. The van der Waals surface area contributed by atoms with Gasteiger partial charge in [0.2, 0.25) is 0 Å². The summed E-state index contributed by atoms with van der Waals surface area (Å²) in [5.74, 6) is 2.92. The van der Waals surface area contributed by atoms with Crippen LogP contribution in [0.1, 0.15) is 5.82 Å². The lowest BCUT2D eigenvalue weighted by Gasteiger charge is -1.94. The molecule has 1 aromatic carbocycles. The van der Waals surface area contributed by atoms with Gasteiger partial charge in [-0.2, -0.15) is 11.8 Å². The van der Waals surface area contributed by atoms with E-state index in [-0.39, 0.29) is 0 Å². The number of H-pyrrole nitrogens is 1. The molecule has 0 unspecified atom stereocenters. The van der Waals surface area contributed by atoms with Crippen molar-refractivity contribution in [2.24, 2.45) is 5.73 Å². The molecule has 1 aromatic heterocycles. The summed E-state index contributed by atoms with van der Waals surface area (Å²) in [7, 11) is 0. The molecule has 2 rings (SSSR count). The van der Waals surface area contributed by atoms with Crippen molar-refractivity contribution >= 4 is 22.8 Å². The number of imidazole rings is 1. The van der Waals surface area contributed by atoms with Crippen LogP contribution in [0, 0.1) is 0 Å². The molecule has 14 heavy (non-hydrogen) atoms. The van der Waals surface area contributed by atoms with Crippen LogP contribution < -0.4 is 5.73 Å². The van der Waals surface area contributed by atoms with Gasteiger partial charge in [-0.1, -0.05) is 12.1 Å². The van der Waals surface area contributed by atoms with Gasteiger partial charge < -0.3 is 10.7 Å². The third-order valence-electron chi connectivity index (χ3n) is 1.94. The number of aromatic amines is 1. The van der Waals surface area contributed by atoms with Gasteiger partial charge >= 0.3 is 0 Å². The van der Waals surface area contributed by atoms with Crippen molar-refractivity contribution in [2.45, 2.75) is 5.75 Å². The van der Waals surface area contributed by atoms with Crippen molar-refractivity contribution in [1.29, 1.82) is 0 Å². The van der Waals surface area contributed by atoms with E-state index in [0.717, 1.165) is 34.9 Å². The van der Waals surface area contributed by atoms with E-state index in [1.807, 2.05) is 24.3 Å². The van der Waals surface area contributed by atoms with Gasteiger partial charge in [0.1, 0.15) is 5.82 Å². The third kappa shape index (κ3) is 2.08. The van der Waals surface area contributed by atoms with Gasteiger partial charge in [0.25, 0.3) is 0 Å². The Labute approximate surface area is 87.1 Å². The second-order valence-corrected chi connectivity index (χ2v) is 4.15. The largest absolute Gasteiger partial charge is 0.341 e. The average Bonchev–Trinajstić information content (AvgIpc) is 2.60. The maximum atomic E-state index is 5.42. The zero-order chi connectivity index (χ0) is 9.80. The molecule has 0 saturated heterocycles. The maximum Gasteiger partial charge on any atom is 0.117 e. The lowest BCUT2D eigenvalue weighted by atomic mass is 10.3. The van der Waals surface area contributed by atoms with Crippen LogP contribution in [-0.4, -0.2) is 22.3 Å². The first-order valence-corrected chi connectivity index (χ1v) is 5.77. The summed E-state index contributed by atoms with van der Waals surface area (Å²) >= 11 is 1.80. The highest BCUT2D eigenvalue weighted by Crippen LogP contribution is 2.14. The van der Waals surface area contributed by atoms with Crippen LogP contribution in [0.2, 0.25) is 0 Å². The van der Waals surface area contributed by atoms with Crippen LogP contribution in [0.25, 0.3) is 11.0 Å². The van der Waals surface area contributed by atoms with Crippen molar-refractivity contribution in [3.63, 3.8) is 0 Å². The molecule has 1 heterocycles. The highest BCUT2D eigenvalue weighted by Gasteiger charge is 2.00. The van der Waals surface area contributed by atoms with E-state index in [4.69, 9.17) is 5.73 Å². The summed E-state index contributed by atoms with van der Waals surface area (Å²) in [5, 5.41) is 0. The molecule has 0 aliphatic heterocycles. The fourth-order valence-electron chi connectivity index (χ4n) is 1.33. The molecule has 0 radical (unpaired) electrons. The molecule has 74 valence electrons. The number of nitrogens with zero attached hydrogens (tertiary/aromatic N) is 1. The molecule has 0 amide bonds. The first-order chi connectivity index (χ1) is 6.90. The topological polar surface area (TPSA) is 54.7 Å². The number of para-hydroxylation sites is 2. The number of nitrogens with two attached hydrogens (primary N) is 1. The molecule has 3 N–H and O–H groups in total. The van der Waals surface area contributed by atoms with Gasteiger partial charge in [-0.3, -0.25) is 0 Å². The molecule has 3 nitrogen and oxygen atoms in total. The highest BCUT2D eigenvalue weighted by atomic mass is 32.2. The number of rotatable bonds is 4. The molecule has 0 spiro atoms. The summed E-state index contributed by atoms with van der Waals surface area (Å²) in [6, 6.07) is 8.07. The number of nitrogens with one attached hydrogen (secondary N) is 1. The number of hydrogen-bond acceptors (Lipinski definition) is 3. The van der Waals surface area contributed by atoms with Crippen LogP contribution in [0.3, 0.4) is 0 Å². The lowest BCUT2D eigenvalue weighted by molar-refractivity contribution is 1.12. The van der Waals surface area contributed by atoms with Gasteiger partial charge in [0.05, 0.1) is 16.8 Å². The van der Waals surface area contributed by atoms with Crippen LogP contribution >= 0.6 is 11.8 Å². The Kier molecular flexibility index (Phi) is 3.06. The van der Waals surface area contributed by atoms with E-state index >= 15 is 0 Å². The van der Waals surface area contributed by atoms with Crippen molar-refractivity contribution in [1.82, 2.24) is 9.97 Å². The number of benzene rings is 1. The van der Waals surface area contributed by atoms with E-state index in [0.29, 0.717) is 0 Å². The van der Waals surface area contributed by atoms with Crippen molar-refractivity contribution in [2.75, 3.05) is 12.3 Å². The molecule has 0 bridgehead atoms. The molecule has 0 atom stereocenters. The SMILES string of the molecule is NCCSCc1nc2ccccc2[nH]1. The fourth-order valence-corrected chi connectivity index (χ4v) is 1.97. The molecule has 0 aliphatic carbocycles. The monoisotopic (exact) mass is 207 g/mol. The number of aromatic nitrogens is 2. The Bertz CT molecular complexity index is 377. The predicted octanol–water partition coefficient (Wildman–Crippen LogP) is 1.75. The van der Waals surface area contributed by atoms with Crippen LogP contribution in [-0.2, 0) is 5.75 Å². The van der Waals surface area contributed by atoms with E-state index in [9.17, 15) is 0 Å². The Morgan fingerprint density at radius 3 is 3.00 bits per heavy atom. The molecule has 0 saturated carbocycles. The van der Waals surface area contributed by atoms with E-state index in [2.05, 4.69) is 9.97 Å². The van der Waals surface area contributed by atoms with Crippen LogP contribution in [0.15, 0.2) is 24.3 Å². The molecule has 2 aromatic rings. The van der Waals surface area contributed by atoms with Crippen molar-refractivity contribution in [3.8, 4) is 0 Å². The van der Waals surface area contributed by atoms with Crippen molar-refractivity contribution < 1.29 is 0 Å². The summed E-state index contributed by atoms with van der Waals surface area (Å²) in [6.45, 7) is 0.727. The molecular formula is C10H13N3S. The Morgan fingerprint density at radius 2 is 2.21 bits per heavy atom. The summed E-state index contributed by atoms with van der Waals surface area (Å²) < 4.78 is 0. The smallest absolute Gasteiger partial charge is 0.117 e. The van der Waals surface area contributed by atoms with Crippen molar-refractivity contribution in [3.05, 3.63) is 30.1 Å². The first-order valence-electron chi connectivity index (χ1n) is 4.61. The van der Waals surface area contributed by atoms with Gasteiger partial charge in [0.15, 0.2) is 0 Å². The van der Waals surface area contributed by atoms with Gasteiger partial charge in [-0.25, -0.2) is 4.98 Å². The lowest BCUT2D eigenvalue weighted by Crippen LogP contribution is -2.01. The standard InChI is InChI=1S/C10H13N3S/c11-5-6-14-7-10-12-8-3-1-2-4-9(8)13-10/h1-4H,5-7,11H2,(H,12,13). The second-order valence-electron chi connectivity index (χ2n) is 3.04. The maximum absolute atomic E-state index is 5.42. The molecule has 0 fully saturated rings. The Morgan fingerprint density at radius 1 is 1.36 bits per heavy atom. The normalized spacial score (nSPS) is 10.9. The summed E-state index contributed by atoms with van der Waals surface area (Å²) in [4.78, 5) is 7.75. The summed E-state index contributed by atoms with van der Waals surface area (Å²) in [5.41, 5.74) is 7.56. The third-order valence-corrected chi connectivity index (χ3v) is 2.94. The zero-order valence-electron chi connectivity index (χ0n) is 7.86. The van der Waals surface area contributed by atoms with E-state index < -0.39 is 0 Å². The Balaban J connectivity index is 2.11. The number of hydrogen-bond donors (Lipinski definition) is 2. The average molecular weight is 207 g/mol.